The molecular weight excluding hydrogens is 156 g/mol. The van der Waals surface area contributed by atoms with Crippen LogP contribution < -0.4 is 0 Å². The minimum Gasteiger partial charge on any atom is -0.0620 e. The lowest BCUT2D eigenvalue weighted by Gasteiger charge is -2.26. The van der Waals surface area contributed by atoms with Gasteiger partial charge >= 0.3 is 0 Å². The van der Waals surface area contributed by atoms with Gasteiger partial charge in [-0.1, -0.05) is 30.7 Å². The molecule has 3 aliphatic rings. The van der Waals surface area contributed by atoms with E-state index in [4.69, 9.17) is 0 Å². The number of rotatable bonds is 0. The van der Waals surface area contributed by atoms with Crippen LogP contribution in [0.15, 0.2) is 24.3 Å². The molecule has 1 fully saturated rings. The molecule has 1 aromatic carbocycles. The fraction of sp³-hybridized carbons (Fsp3) is 0.538. The molecule has 3 aliphatic carbocycles. The molecule has 1 aromatic rings. The molecule has 0 radical (unpaired) electrons. The van der Waals surface area contributed by atoms with Crippen molar-refractivity contribution in [2.75, 3.05) is 0 Å². The van der Waals surface area contributed by atoms with Gasteiger partial charge in [-0.2, -0.15) is 0 Å². The Labute approximate surface area is 80.0 Å². The van der Waals surface area contributed by atoms with Crippen LogP contribution in [0.2, 0.25) is 0 Å². The third kappa shape index (κ3) is 1.12. The fourth-order valence-corrected chi connectivity index (χ4v) is 3.18. The van der Waals surface area contributed by atoms with E-state index in [-0.39, 0.29) is 0 Å². The van der Waals surface area contributed by atoms with Crippen LogP contribution >= 0.6 is 0 Å². The fourth-order valence-electron chi connectivity index (χ4n) is 3.18. The molecule has 0 heteroatoms. The summed E-state index contributed by atoms with van der Waals surface area (Å²) in [5.74, 6) is 1.80. The van der Waals surface area contributed by atoms with Crippen molar-refractivity contribution in [1.29, 1.82) is 0 Å². The van der Waals surface area contributed by atoms with Gasteiger partial charge in [-0.25, -0.2) is 0 Å². The lowest BCUT2D eigenvalue weighted by Crippen LogP contribution is -2.09. The van der Waals surface area contributed by atoms with Crippen LogP contribution in [-0.2, 0) is 0 Å². The van der Waals surface area contributed by atoms with Crippen molar-refractivity contribution in [2.24, 2.45) is 0 Å². The number of hydrogen-bond acceptors (Lipinski definition) is 0. The molecule has 13 heavy (non-hydrogen) atoms. The molecule has 0 N–H and O–H groups in total. The maximum atomic E-state index is 2.36. The van der Waals surface area contributed by atoms with Gasteiger partial charge in [-0.05, 0) is 48.6 Å². The first kappa shape index (κ1) is 7.61. The lowest BCUT2D eigenvalue weighted by molar-refractivity contribution is 0.527. The smallest absolute Gasteiger partial charge is 0.0159 e. The van der Waals surface area contributed by atoms with Crippen LogP contribution in [0, 0.1) is 0 Å². The summed E-state index contributed by atoms with van der Waals surface area (Å²) in [5, 5.41) is 0. The SMILES string of the molecule is c1ccc2c(c1)C1CCCC2CC1. The molecular formula is C13H16. The molecule has 68 valence electrons. The Morgan fingerprint density at radius 2 is 1.31 bits per heavy atom. The van der Waals surface area contributed by atoms with Crippen LogP contribution in [0.25, 0.3) is 0 Å². The molecule has 0 aliphatic heterocycles. The van der Waals surface area contributed by atoms with Gasteiger partial charge in [0.2, 0.25) is 0 Å². The molecule has 0 amide bonds. The maximum absolute atomic E-state index is 2.36. The largest absolute Gasteiger partial charge is 0.0620 e. The Balaban J connectivity index is 2.15. The molecule has 2 bridgehead atoms. The quantitative estimate of drug-likeness (QED) is 0.558. The van der Waals surface area contributed by atoms with E-state index in [1.54, 1.807) is 11.1 Å². The lowest BCUT2D eigenvalue weighted by atomic mass is 9.78. The first-order valence-electron chi connectivity index (χ1n) is 5.54. The average molecular weight is 172 g/mol. The Morgan fingerprint density at radius 1 is 0.769 bits per heavy atom. The van der Waals surface area contributed by atoms with E-state index in [1.807, 2.05) is 0 Å². The molecule has 0 saturated heterocycles. The van der Waals surface area contributed by atoms with Crippen molar-refractivity contribution in [3.8, 4) is 0 Å². The maximum Gasteiger partial charge on any atom is -0.0159 e. The standard InChI is InChI=1S/C13H16/c1-2-7-13-11-5-3-4-10(8-9-11)12(13)6-1/h1-2,6-7,10-11H,3-5,8-9H2. The minimum absolute atomic E-state index is 0.898. The van der Waals surface area contributed by atoms with E-state index >= 15 is 0 Å². The number of fused-ring (bicyclic) bond motifs is 3. The zero-order valence-corrected chi connectivity index (χ0v) is 8.00. The number of benzene rings is 1. The van der Waals surface area contributed by atoms with Crippen molar-refractivity contribution in [3.63, 3.8) is 0 Å². The van der Waals surface area contributed by atoms with Crippen molar-refractivity contribution in [1.82, 2.24) is 0 Å². The summed E-state index contributed by atoms with van der Waals surface area (Å²) in [6, 6.07) is 9.13. The van der Waals surface area contributed by atoms with Gasteiger partial charge in [0.1, 0.15) is 0 Å². The van der Waals surface area contributed by atoms with Gasteiger partial charge in [0.25, 0.3) is 0 Å². The van der Waals surface area contributed by atoms with E-state index in [1.165, 1.54) is 32.1 Å². The second-order valence-electron chi connectivity index (χ2n) is 4.53. The molecule has 2 unspecified atom stereocenters. The highest BCUT2D eigenvalue weighted by molar-refractivity contribution is 5.36. The van der Waals surface area contributed by atoms with E-state index in [9.17, 15) is 0 Å². The van der Waals surface area contributed by atoms with Gasteiger partial charge in [-0.15, -0.1) is 0 Å². The summed E-state index contributed by atoms with van der Waals surface area (Å²) in [5.41, 5.74) is 3.35. The van der Waals surface area contributed by atoms with Crippen molar-refractivity contribution in [3.05, 3.63) is 35.4 Å². The van der Waals surface area contributed by atoms with Crippen LogP contribution in [-0.4, -0.2) is 0 Å². The monoisotopic (exact) mass is 172 g/mol. The second-order valence-corrected chi connectivity index (χ2v) is 4.53. The minimum atomic E-state index is 0.898. The van der Waals surface area contributed by atoms with Crippen molar-refractivity contribution >= 4 is 0 Å². The predicted octanol–water partition coefficient (Wildman–Crippen LogP) is 3.83. The van der Waals surface area contributed by atoms with Gasteiger partial charge in [0.15, 0.2) is 0 Å². The zero-order chi connectivity index (χ0) is 8.67. The number of hydrogen-bond donors (Lipinski definition) is 0. The third-order valence-electron chi connectivity index (χ3n) is 3.84. The Bertz CT molecular complexity index is 279. The molecule has 2 atom stereocenters. The highest BCUT2D eigenvalue weighted by Crippen LogP contribution is 2.46. The molecule has 0 spiro atoms. The molecule has 4 rings (SSSR count). The van der Waals surface area contributed by atoms with Gasteiger partial charge in [-0.3, -0.25) is 0 Å². The Morgan fingerprint density at radius 3 is 1.85 bits per heavy atom. The average Bonchev–Trinajstić information content (AvgIpc) is 2.52. The van der Waals surface area contributed by atoms with Crippen LogP contribution in [0.5, 0.6) is 0 Å². The molecule has 0 aromatic heterocycles. The summed E-state index contributed by atoms with van der Waals surface area (Å²) < 4.78 is 0. The normalized spacial score (nSPS) is 31.1. The first-order chi connectivity index (χ1) is 6.45. The van der Waals surface area contributed by atoms with Gasteiger partial charge in [0, 0.05) is 0 Å². The molecule has 0 heterocycles. The summed E-state index contributed by atoms with van der Waals surface area (Å²) >= 11 is 0. The second kappa shape index (κ2) is 2.87. The van der Waals surface area contributed by atoms with Crippen LogP contribution in [0.4, 0.5) is 0 Å². The van der Waals surface area contributed by atoms with Gasteiger partial charge in [0.05, 0.1) is 0 Å². The first-order valence-corrected chi connectivity index (χ1v) is 5.54. The summed E-state index contributed by atoms with van der Waals surface area (Å²) in [6.45, 7) is 0. The van der Waals surface area contributed by atoms with Gasteiger partial charge < -0.3 is 0 Å². The summed E-state index contributed by atoms with van der Waals surface area (Å²) in [6.07, 6.45) is 7.22. The van der Waals surface area contributed by atoms with E-state index < -0.39 is 0 Å². The zero-order valence-electron chi connectivity index (χ0n) is 8.00. The van der Waals surface area contributed by atoms with Crippen LogP contribution in [0.3, 0.4) is 0 Å². The topological polar surface area (TPSA) is 0 Å². The van der Waals surface area contributed by atoms with E-state index in [2.05, 4.69) is 24.3 Å². The predicted molar refractivity (Wildman–Crippen MR) is 55.0 cm³/mol. The van der Waals surface area contributed by atoms with E-state index in [0.29, 0.717) is 0 Å². The Kier molecular flexibility index (Phi) is 1.68. The van der Waals surface area contributed by atoms with Crippen LogP contribution in [0.1, 0.15) is 55.1 Å². The van der Waals surface area contributed by atoms with Crippen molar-refractivity contribution in [2.45, 2.75) is 43.9 Å². The molecule has 0 nitrogen and oxygen atoms in total. The Hall–Kier alpha value is -0.780. The molecule has 1 saturated carbocycles. The third-order valence-corrected chi connectivity index (χ3v) is 3.84. The highest BCUT2D eigenvalue weighted by atomic mass is 14.3. The van der Waals surface area contributed by atoms with E-state index in [0.717, 1.165) is 11.8 Å². The highest BCUT2D eigenvalue weighted by Gasteiger charge is 2.29. The van der Waals surface area contributed by atoms with Crippen molar-refractivity contribution < 1.29 is 0 Å². The summed E-state index contributed by atoms with van der Waals surface area (Å²) in [4.78, 5) is 0. The summed E-state index contributed by atoms with van der Waals surface area (Å²) in [7, 11) is 0.